The van der Waals surface area contributed by atoms with Crippen molar-refractivity contribution < 1.29 is 9.59 Å². The van der Waals surface area contributed by atoms with Gasteiger partial charge in [0.2, 0.25) is 5.91 Å². The van der Waals surface area contributed by atoms with Crippen molar-refractivity contribution in [2.24, 2.45) is 0 Å². The normalized spacial score (nSPS) is 14.5. The van der Waals surface area contributed by atoms with Crippen LogP contribution in [0.1, 0.15) is 24.2 Å². The van der Waals surface area contributed by atoms with Gasteiger partial charge in [-0.15, -0.1) is 0 Å². The van der Waals surface area contributed by atoms with Crippen LogP contribution in [-0.2, 0) is 4.79 Å². The van der Waals surface area contributed by atoms with Gasteiger partial charge in [-0.2, -0.15) is 0 Å². The number of aromatic nitrogens is 2. The average Bonchev–Trinajstić information content (AvgIpc) is 2.77. The van der Waals surface area contributed by atoms with Gasteiger partial charge in [0, 0.05) is 64.9 Å². The standard InChI is InChI=1S/C22H33N7O2/c1-6-28(7-2)22(31)18-19(29-13-11-27(5)12-14-29)16-9-8-10-23-20(16)25-21(18)24-15-17(30)26(3)4/h8-10H,6-7,11-15H2,1-5H3,(H,23,24,25). The number of fused-ring (bicyclic) bond motifs is 1. The molecule has 2 aromatic rings. The van der Waals surface area contributed by atoms with Crippen LogP contribution in [0.5, 0.6) is 0 Å². The zero-order valence-corrected chi connectivity index (χ0v) is 19.2. The maximum absolute atomic E-state index is 13.7. The molecule has 1 fully saturated rings. The number of rotatable bonds is 7. The first-order valence-electron chi connectivity index (χ1n) is 10.8. The van der Waals surface area contributed by atoms with Gasteiger partial charge in [0.15, 0.2) is 5.65 Å². The molecule has 0 unspecified atom stereocenters. The first kappa shape index (κ1) is 22.7. The summed E-state index contributed by atoms with van der Waals surface area (Å²) in [5.74, 6) is 0.231. The summed E-state index contributed by atoms with van der Waals surface area (Å²) in [7, 11) is 5.51. The number of anilines is 2. The third-order valence-electron chi connectivity index (χ3n) is 5.72. The Morgan fingerprint density at radius 1 is 1.13 bits per heavy atom. The number of pyridine rings is 2. The van der Waals surface area contributed by atoms with E-state index in [9.17, 15) is 9.59 Å². The zero-order valence-electron chi connectivity index (χ0n) is 19.2. The number of nitrogens with one attached hydrogen (secondary N) is 1. The lowest BCUT2D eigenvalue weighted by Gasteiger charge is -2.36. The Hall–Kier alpha value is -2.94. The van der Waals surface area contributed by atoms with Crippen molar-refractivity contribution in [2.75, 3.05) is 77.2 Å². The van der Waals surface area contributed by atoms with Crippen LogP contribution in [0.25, 0.3) is 11.0 Å². The first-order chi connectivity index (χ1) is 14.9. The topological polar surface area (TPSA) is 84.9 Å². The van der Waals surface area contributed by atoms with E-state index >= 15 is 0 Å². The van der Waals surface area contributed by atoms with E-state index in [0.717, 1.165) is 37.3 Å². The van der Waals surface area contributed by atoms with Crippen molar-refractivity contribution in [3.05, 3.63) is 23.9 Å². The highest BCUT2D eigenvalue weighted by Gasteiger charge is 2.29. The van der Waals surface area contributed by atoms with Gasteiger partial charge in [-0.25, -0.2) is 9.97 Å². The molecule has 0 atom stereocenters. The lowest BCUT2D eigenvalue weighted by atomic mass is 10.1. The molecule has 0 radical (unpaired) electrons. The van der Waals surface area contributed by atoms with Crippen molar-refractivity contribution in [1.82, 2.24) is 24.7 Å². The third kappa shape index (κ3) is 4.87. The number of carbonyl (C=O) groups is 2. The fraction of sp³-hybridized carbons (Fsp3) is 0.545. The highest BCUT2D eigenvalue weighted by atomic mass is 16.2. The van der Waals surface area contributed by atoms with Crippen molar-refractivity contribution >= 4 is 34.4 Å². The van der Waals surface area contributed by atoms with Gasteiger partial charge in [0.1, 0.15) is 11.4 Å². The number of amides is 2. The second-order valence-corrected chi connectivity index (χ2v) is 7.97. The summed E-state index contributed by atoms with van der Waals surface area (Å²) in [5, 5.41) is 3.99. The first-order valence-corrected chi connectivity index (χ1v) is 10.8. The van der Waals surface area contributed by atoms with E-state index in [4.69, 9.17) is 0 Å². The summed E-state index contributed by atoms with van der Waals surface area (Å²) in [4.78, 5) is 42.9. The van der Waals surface area contributed by atoms with E-state index in [1.54, 1.807) is 25.2 Å². The van der Waals surface area contributed by atoms with Gasteiger partial charge in [0.05, 0.1) is 12.2 Å². The molecule has 9 heteroatoms. The van der Waals surface area contributed by atoms with Crippen molar-refractivity contribution in [2.45, 2.75) is 13.8 Å². The van der Waals surface area contributed by atoms with E-state index in [2.05, 4.69) is 32.1 Å². The average molecular weight is 428 g/mol. The molecule has 2 aromatic heterocycles. The Kier molecular flexibility index (Phi) is 7.27. The predicted molar refractivity (Wildman–Crippen MR) is 124 cm³/mol. The molecule has 0 spiro atoms. The summed E-state index contributed by atoms with van der Waals surface area (Å²) >= 11 is 0. The highest BCUT2D eigenvalue weighted by molar-refractivity contribution is 6.11. The van der Waals surface area contributed by atoms with Gasteiger partial charge in [-0.3, -0.25) is 9.59 Å². The van der Waals surface area contributed by atoms with Crippen LogP contribution in [0.3, 0.4) is 0 Å². The Balaban J connectivity index is 2.18. The Bertz CT molecular complexity index is 935. The van der Waals surface area contributed by atoms with Crippen molar-refractivity contribution in [3.8, 4) is 0 Å². The van der Waals surface area contributed by atoms with Gasteiger partial charge in [0.25, 0.3) is 5.91 Å². The van der Waals surface area contributed by atoms with Crippen LogP contribution in [0.15, 0.2) is 18.3 Å². The molecule has 3 heterocycles. The molecule has 1 N–H and O–H groups in total. The molecule has 0 aliphatic carbocycles. The molecule has 1 saturated heterocycles. The maximum atomic E-state index is 13.7. The van der Waals surface area contributed by atoms with Crippen LogP contribution in [0.2, 0.25) is 0 Å². The molecule has 168 valence electrons. The van der Waals surface area contributed by atoms with Gasteiger partial charge < -0.3 is 24.9 Å². The summed E-state index contributed by atoms with van der Waals surface area (Å²) in [6.07, 6.45) is 1.70. The van der Waals surface area contributed by atoms with E-state index in [1.807, 2.05) is 26.0 Å². The lowest BCUT2D eigenvalue weighted by molar-refractivity contribution is -0.126. The number of carbonyl (C=O) groups excluding carboxylic acids is 2. The van der Waals surface area contributed by atoms with E-state index < -0.39 is 0 Å². The Morgan fingerprint density at radius 2 is 1.81 bits per heavy atom. The Morgan fingerprint density at radius 3 is 2.42 bits per heavy atom. The minimum atomic E-state index is -0.0923. The second-order valence-electron chi connectivity index (χ2n) is 7.97. The molecular weight excluding hydrogens is 394 g/mol. The van der Waals surface area contributed by atoms with Crippen LogP contribution in [0, 0.1) is 0 Å². The maximum Gasteiger partial charge on any atom is 0.259 e. The predicted octanol–water partition coefficient (Wildman–Crippen LogP) is 1.36. The van der Waals surface area contributed by atoms with Gasteiger partial charge >= 0.3 is 0 Å². The third-order valence-corrected chi connectivity index (χ3v) is 5.72. The van der Waals surface area contributed by atoms with Gasteiger partial charge in [-0.1, -0.05) is 0 Å². The molecule has 0 bridgehead atoms. The number of likely N-dealkylation sites (N-methyl/N-ethyl adjacent to an activating group) is 2. The summed E-state index contributed by atoms with van der Waals surface area (Å²) in [6.45, 7) is 8.61. The number of piperazine rings is 1. The van der Waals surface area contributed by atoms with Gasteiger partial charge in [-0.05, 0) is 33.0 Å². The molecule has 1 aliphatic heterocycles. The number of hydrogen-bond acceptors (Lipinski definition) is 7. The van der Waals surface area contributed by atoms with Crippen LogP contribution < -0.4 is 10.2 Å². The molecule has 9 nitrogen and oxygen atoms in total. The van der Waals surface area contributed by atoms with E-state index in [1.165, 1.54) is 4.90 Å². The second kappa shape index (κ2) is 9.91. The van der Waals surface area contributed by atoms with E-state index in [-0.39, 0.29) is 18.4 Å². The van der Waals surface area contributed by atoms with Crippen molar-refractivity contribution in [3.63, 3.8) is 0 Å². The number of nitrogens with zero attached hydrogens (tertiary/aromatic N) is 6. The largest absolute Gasteiger partial charge is 0.368 e. The molecule has 0 saturated carbocycles. The summed E-state index contributed by atoms with van der Waals surface area (Å²) < 4.78 is 0. The minimum absolute atomic E-state index is 0.0546. The van der Waals surface area contributed by atoms with E-state index in [0.29, 0.717) is 30.1 Å². The lowest BCUT2D eigenvalue weighted by Crippen LogP contribution is -2.45. The monoisotopic (exact) mass is 427 g/mol. The molecular formula is C22H33N7O2. The quantitative estimate of drug-likeness (QED) is 0.714. The Labute approximate surface area is 184 Å². The summed E-state index contributed by atoms with van der Waals surface area (Å²) in [5.41, 5.74) is 1.93. The van der Waals surface area contributed by atoms with Crippen LogP contribution in [-0.4, -0.2) is 103 Å². The van der Waals surface area contributed by atoms with Crippen molar-refractivity contribution in [1.29, 1.82) is 0 Å². The zero-order chi connectivity index (χ0) is 22.5. The molecule has 1 aliphatic rings. The fourth-order valence-electron chi connectivity index (χ4n) is 3.75. The highest BCUT2D eigenvalue weighted by Crippen LogP contribution is 2.35. The smallest absolute Gasteiger partial charge is 0.259 e. The van der Waals surface area contributed by atoms with Crippen LogP contribution >= 0.6 is 0 Å². The molecule has 0 aromatic carbocycles. The number of hydrogen-bond donors (Lipinski definition) is 1. The van der Waals surface area contributed by atoms with Crippen LogP contribution in [0.4, 0.5) is 11.5 Å². The molecule has 3 rings (SSSR count). The summed E-state index contributed by atoms with van der Waals surface area (Å²) in [6, 6.07) is 3.84. The fourth-order valence-corrected chi connectivity index (χ4v) is 3.75. The minimum Gasteiger partial charge on any atom is -0.368 e. The molecule has 2 amide bonds. The molecule has 31 heavy (non-hydrogen) atoms. The SMILES string of the molecule is CCN(CC)C(=O)c1c(NCC(=O)N(C)C)nc2ncccc2c1N1CCN(C)CC1.